The van der Waals surface area contributed by atoms with E-state index in [1.165, 1.54) is 0 Å². The number of nitrogens with zero attached hydrogens (tertiary/aromatic N) is 1. The highest BCUT2D eigenvalue weighted by atomic mass is 16.5. The van der Waals surface area contributed by atoms with Crippen molar-refractivity contribution in [3.63, 3.8) is 0 Å². The molecule has 5 heteroatoms. The summed E-state index contributed by atoms with van der Waals surface area (Å²) < 4.78 is 6.00. The van der Waals surface area contributed by atoms with Crippen LogP contribution < -0.4 is 10.1 Å². The number of ether oxygens (including phenoxy) is 1. The Hall–Kier alpha value is -2.73. The van der Waals surface area contributed by atoms with E-state index < -0.39 is 6.10 Å². The summed E-state index contributed by atoms with van der Waals surface area (Å²) in [5.74, 6) is 0.877. The van der Waals surface area contributed by atoms with Crippen LogP contribution in [-0.2, 0) is 13.2 Å². The largest absolute Gasteiger partial charge is 0.487 e. The van der Waals surface area contributed by atoms with Crippen molar-refractivity contribution in [2.24, 2.45) is 0 Å². The van der Waals surface area contributed by atoms with Gasteiger partial charge in [0, 0.05) is 18.8 Å². The quantitative estimate of drug-likeness (QED) is 0.477. The summed E-state index contributed by atoms with van der Waals surface area (Å²) in [6.45, 7) is 5.08. The lowest BCUT2D eigenvalue weighted by Gasteiger charge is -2.21. The number of aromatic nitrogens is 1. The van der Waals surface area contributed by atoms with Gasteiger partial charge in [0.1, 0.15) is 12.4 Å². The molecule has 1 heterocycles. The van der Waals surface area contributed by atoms with Crippen LogP contribution in [0.15, 0.2) is 66.9 Å². The van der Waals surface area contributed by atoms with Crippen molar-refractivity contribution in [2.75, 3.05) is 6.61 Å². The fourth-order valence-corrected chi connectivity index (χ4v) is 3.56. The van der Waals surface area contributed by atoms with Crippen LogP contribution in [0.25, 0.3) is 0 Å². The van der Waals surface area contributed by atoms with Crippen molar-refractivity contribution < 1.29 is 14.9 Å². The minimum absolute atomic E-state index is 0.0346. The first-order valence-electron chi connectivity index (χ1n) is 10.3. The van der Waals surface area contributed by atoms with Crippen LogP contribution in [0.4, 0.5) is 0 Å². The van der Waals surface area contributed by atoms with E-state index >= 15 is 0 Å². The zero-order valence-electron chi connectivity index (χ0n) is 17.6. The third kappa shape index (κ3) is 6.13. The molecule has 0 fully saturated rings. The Morgan fingerprint density at radius 3 is 2.33 bits per heavy atom. The predicted molar refractivity (Wildman–Crippen MR) is 118 cm³/mol. The second-order valence-corrected chi connectivity index (χ2v) is 7.59. The predicted octanol–water partition coefficient (Wildman–Crippen LogP) is 3.85. The van der Waals surface area contributed by atoms with Crippen LogP contribution in [0.3, 0.4) is 0 Å². The number of hydrogen-bond acceptors (Lipinski definition) is 5. The topological polar surface area (TPSA) is 74.6 Å². The lowest BCUT2D eigenvalue weighted by molar-refractivity contribution is 0.129. The Kier molecular flexibility index (Phi) is 7.97. The fraction of sp³-hybridized carbons (Fsp3) is 0.320. The van der Waals surface area contributed by atoms with Gasteiger partial charge in [-0.1, -0.05) is 48.5 Å². The maximum Gasteiger partial charge on any atom is 0.130 e. The molecule has 0 saturated carbocycles. The second-order valence-electron chi connectivity index (χ2n) is 7.59. The van der Waals surface area contributed by atoms with Crippen molar-refractivity contribution in [3.8, 4) is 5.75 Å². The summed E-state index contributed by atoms with van der Waals surface area (Å²) >= 11 is 0. The molecule has 0 saturated heterocycles. The number of pyridine rings is 1. The normalized spacial score (nSPS) is 13.1. The number of benzene rings is 2. The standard InChI is InChI=1S/C25H30N2O3/c1-18-12-20(13-19(2)25(18)30-17-22-10-6-7-11-26-22)15-27-23(16-28)14-24(29)21-8-4-3-5-9-21/h3-13,23-24,27-29H,14-17H2,1-2H3. The molecular weight excluding hydrogens is 376 g/mol. The lowest BCUT2D eigenvalue weighted by atomic mass is 10.0. The fourth-order valence-electron chi connectivity index (χ4n) is 3.56. The molecule has 0 amide bonds. The van der Waals surface area contributed by atoms with E-state index in [0.717, 1.165) is 33.7 Å². The maximum atomic E-state index is 10.4. The molecule has 3 N–H and O–H groups in total. The summed E-state index contributed by atoms with van der Waals surface area (Å²) in [6.07, 6.45) is 1.60. The molecule has 0 aliphatic carbocycles. The minimum atomic E-state index is -0.610. The molecule has 0 spiro atoms. The van der Waals surface area contributed by atoms with Gasteiger partial charge in [-0.3, -0.25) is 4.98 Å². The van der Waals surface area contributed by atoms with E-state index in [-0.39, 0.29) is 12.6 Å². The van der Waals surface area contributed by atoms with Crippen LogP contribution in [0.1, 0.15) is 40.5 Å². The lowest BCUT2D eigenvalue weighted by Crippen LogP contribution is -2.33. The smallest absolute Gasteiger partial charge is 0.130 e. The molecule has 0 aliphatic heterocycles. The molecule has 3 aromatic rings. The first-order valence-corrected chi connectivity index (χ1v) is 10.3. The van der Waals surface area contributed by atoms with Crippen molar-refractivity contribution in [1.29, 1.82) is 0 Å². The zero-order valence-corrected chi connectivity index (χ0v) is 17.6. The van der Waals surface area contributed by atoms with E-state index in [4.69, 9.17) is 4.74 Å². The monoisotopic (exact) mass is 406 g/mol. The molecule has 2 unspecified atom stereocenters. The van der Waals surface area contributed by atoms with Gasteiger partial charge in [-0.25, -0.2) is 0 Å². The highest BCUT2D eigenvalue weighted by Gasteiger charge is 2.15. The molecular formula is C25H30N2O3. The summed E-state index contributed by atoms with van der Waals surface area (Å²) in [4.78, 5) is 4.30. The number of aliphatic hydroxyl groups is 2. The second kappa shape index (κ2) is 10.9. The van der Waals surface area contributed by atoms with Crippen molar-refractivity contribution >= 4 is 0 Å². The SMILES string of the molecule is Cc1cc(CNC(CO)CC(O)c2ccccc2)cc(C)c1OCc1ccccn1. The van der Waals surface area contributed by atoms with Gasteiger partial charge in [-0.2, -0.15) is 0 Å². The Bertz CT molecular complexity index is 893. The number of aryl methyl sites for hydroxylation is 2. The van der Waals surface area contributed by atoms with Gasteiger partial charge in [0.25, 0.3) is 0 Å². The number of rotatable bonds is 10. The van der Waals surface area contributed by atoms with Gasteiger partial charge in [-0.15, -0.1) is 0 Å². The van der Waals surface area contributed by atoms with Crippen molar-refractivity contribution in [2.45, 2.75) is 45.6 Å². The third-order valence-corrected chi connectivity index (χ3v) is 5.12. The minimum Gasteiger partial charge on any atom is -0.487 e. The average molecular weight is 407 g/mol. The Morgan fingerprint density at radius 1 is 1.00 bits per heavy atom. The molecule has 3 rings (SSSR count). The third-order valence-electron chi connectivity index (χ3n) is 5.12. The molecule has 0 aliphatic rings. The van der Waals surface area contributed by atoms with Crippen LogP contribution >= 0.6 is 0 Å². The summed E-state index contributed by atoms with van der Waals surface area (Å²) in [6, 6.07) is 19.3. The zero-order chi connectivity index (χ0) is 21.3. The van der Waals surface area contributed by atoms with Gasteiger partial charge in [-0.05, 0) is 54.7 Å². The molecule has 5 nitrogen and oxygen atoms in total. The van der Waals surface area contributed by atoms with Crippen LogP contribution in [-0.4, -0.2) is 27.8 Å². The maximum absolute atomic E-state index is 10.4. The number of nitrogens with one attached hydrogen (secondary N) is 1. The summed E-state index contributed by atoms with van der Waals surface area (Å²) in [5, 5.41) is 23.5. The molecule has 2 aromatic carbocycles. The Labute approximate surface area is 178 Å². The van der Waals surface area contributed by atoms with E-state index in [1.54, 1.807) is 6.20 Å². The van der Waals surface area contributed by atoms with Gasteiger partial charge < -0.3 is 20.3 Å². The van der Waals surface area contributed by atoms with Gasteiger partial charge in [0.05, 0.1) is 18.4 Å². The van der Waals surface area contributed by atoms with E-state index in [1.807, 2.05) is 62.4 Å². The number of hydrogen-bond donors (Lipinski definition) is 3. The molecule has 2 atom stereocenters. The highest BCUT2D eigenvalue weighted by molar-refractivity contribution is 5.43. The molecule has 1 aromatic heterocycles. The van der Waals surface area contributed by atoms with Crippen LogP contribution in [0, 0.1) is 13.8 Å². The van der Waals surface area contributed by atoms with Crippen molar-refractivity contribution in [3.05, 3.63) is 94.8 Å². The molecule has 0 bridgehead atoms. The molecule has 0 radical (unpaired) electrons. The first-order chi connectivity index (χ1) is 14.6. The highest BCUT2D eigenvalue weighted by Crippen LogP contribution is 2.26. The Morgan fingerprint density at radius 2 is 1.70 bits per heavy atom. The van der Waals surface area contributed by atoms with E-state index in [2.05, 4.69) is 22.4 Å². The molecule has 158 valence electrons. The first kappa shape index (κ1) is 22.0. The summed E-state index contributed by atoms with van der Waals surface area (Å²) in [7, 11) is 0. The van der Waals surface area contributed by atoms with Gasteiger partial charge in [0.2, 0.25) is 0 Å². The Balaban J connectivity index is 1.58. The van der Waals surface area contributed by atoms with Crippen LogP contribution in [0.5, 0.6) is 5.75 Å². The van der Waals surface area contributed by atoms with Crippen molar-refractivity contribution in [1.82, 2.24) is 10.3 Å². The van der Waals surface area contributed by atoms with Crippen LogP contribution in [0.2, 0.25) is 0 Å². The van der Waals surface area contributed by atoms with E-state index in [9.17, 15) is 10.2 Å². The summed E-state index contributed by atoms with van der Waals surface area (Å²) in [5.41, 5.74) is 4.99. The average Bonchev–Trinajstić information content (AvgIpc) is 2.77. The number of aliphatic hydroxyl groups excluding tert-OH is 2. The molecule has 30 heavy (non-hydrogen) atoms. The van der Waals surface area contributed by atoms with Gasteiger partial charge in [0.15, 0.2) is 0 Å². The van der Waals surface area contributed by atoms with E-state index in [0.29, 0.717) is 19.6 Å². The van der Waals surface area contributed by atoms with Gasteiger partial charge >= 0.3 is 0 Å².